The van der Waals surface area contributed by atoms with Crippen LogP contribution in [0.3, 0.4) is 0 Å². The van der Waals surface area contributed by atoms with Crippen LogP contribution in [-0.2, 0) is 11.2 Å². The van der Waals surface area contributed by atoms with Gasteiger partial charge in [0.25, 0.3) is 0 Å². The summed E-state index contributed by atoms with van der Waals surface area (Å²) in [6.45, 7) is 0.742. The quantitative estimate of drug-likeness (QED) is 0.868. The van der Waals surface area contributed by atoms with E-state index in [1.807, 2.05) is 6.07 Å². The van der Waals surface area contributed by atoms with Crippen LogP contribution >= 0.6 is 0 Å². The highest BCUT2D eigenvalue weighted by atomic mass is 16.5. The monoisotopic (exact) mass is 246 g/mol. The minimum Gasteiger partial charge on any atom is -0.390 e. The van der Waals surface area contributed by atoms with E-state index in [1.54, 1.807) is 0 Å². The first-order valence-electron chi connectivity index (χ1n) is 7.24. The summed E-state index contributed by atoms with van der Waals surface area (Å²) < 4.78 is 5.87. The number of benzene rings is 1. The van der Waals surface area contributed by atoms with Crippen molar-refractivity contribution in [2.24, 2.45) is 5.92 Å². The van der Waals surface area contributed by atoms with E-state index in [2.05, 4.69) is 18.2 Å². The van der Waals surface area contributed by atoms with E-state index in [1.165, 1.54) is 30.4 Å². The van der Waals surface area contributed by atoms with Crippen LogP contribution in [0.15, 0.2) is 24.3 Å². The molecule has 1 aromatic carbocycles. The van der Waals surface area contributed by atoms with Crippen LogP contribution in [0.4, 0.5) is 0 Å². The summed E-state index contributed by atoms with van der Waals surface area (Å²) in [5.74, 6) is 0.426. The van der Waals surface area contributed by atoms with E-state index in [9.17, 15) is 5.11 Å². The Labute approximate surface area is 109 Å². The molecule has 18 heavy (non-hydrogen) atoms. The molecule has 1 aliphatic heterocycles. The lowest BCUT2D eigenvalue weighted by molar-refractivity contribution is -0.0767. The summed E-state index contributed by atoms with van der Waals surface area (Å²) in [4.78, 5) is 0. The predicted molar refractivity (Wildman–Crippen MR) is 71.4 cm³/mol. The van der Waals surface area contributed by atoms with Gasteiger partial charge in [-0.15, -0.1) is 0 Å². The lowest BCUT2D eigenvalue weighted by Gasteiger charge is -2.35. The van der Waals surface area contributed by atoms with E-state index in [4.69, 9.17) is 4.74 Å². The maximum absolute atomic E-state index is 10.6. The average molecular weight is 246 g/mol. The minimum absolute atomic E-state index is 0.0990. The van der Waals surface area contributed by atoms with Crippen molar-refractivity contribution in [1.29, 1.82) is 0 Å². The maximum Gasteiger partial charge on any atom is 0.109 e. The molecule has 98 valence electrons. The van der Waals surface area contributed by atoms with Crippen molar-refractivity contribution in [2.45, 2.75) is 50.7 Å². The third-order valence-electron chi connectivity index (χ3n) is 4.47. The van der Waals surface area contributed by atoms with Gasteiger partial charge in [-0.05, 0) is 36.3 Å². The molecule has 1 heterocycles. The molecule has 2 atom stereocenters. The highest BCUT2D eigenvalue weighted by molar-refractivity contribution is 5.31. The Kier molecular flexibility index (Phi) is 3.67. The van der Waals surface area contributed by atoms with Crippen LogP contribution in [0.1, 0.15) is 49.3 Å². The van der Waals surface area contributed by atoms with Gasteiger partial charge in [-0.3, -0.25) is 0 Å². The zero-order valence-electron chi connectivity index (χ0n) is 10.8. The van der Waals surface area contributed by atoms with E-state index in [0.29, 0.717) is 5.92 Å². The van der Waals surface area contributed by atoms with E-state index >= 15 is 0 Å². The van der Waals surface area contributed by atoms with E-state index in [-0.39, 0.29) is 12.2 Å². The van der Waals surface area contributed by atoms with Gasteiger partial charge in [0.1, 0.15) is 6.10 Å². The van der Waals surface area contributed by atoms with Crippen molar-refractivity contribution in [3.63, 3.8) is 0 Å². The molecule has 2 heteroatoms. The summed E-state index contributed by atoms with van der Waals surface area (Å²) >= 11 is 0. The minimum atomic E-state index is -0.327. The lowest BCUT2D eigenvalue weighted by atomic mass is 9.80. The third kappa shape index (κ3) is 2.32. The van der Waals surface area contributed by atoms with Crippen LogP contribution < -0.4 is 0 Å². The van der Waals surface area contributed by atoms with E-state index < -0.39 is 0 Å². The fraction of sp³-hybridized carbons (Fsp3) is 0.625. The van der Waals surface area contributed by atoms with Crippen molar-refractivity contribution in [3.8, 4) is 0 Å². The molecule has 0 saturated heterocycles. The van der Waals surface area contributed by atoms with Gasteiger partial charge in [0.05, 0.1) is 12.7 Å². The fourth-order valence-electron chi connectivity index (χ4n) is 3.43. The summed E-state index contributed by atoms with van der Waals surface area (Å²) in [6, 6.07) is 8.41. The standard InChI is InChI=1S/C16H22O2/c17-15(13-7-2-1-3-8-13)16-14-9-5-4-6-12(14)10-11-18-16/h4-6,9,13,15-17H,1-3,7-8,10-11H2. The smallest absolute Gasteiger partial charge is 0.109 e. The molecule has 0 radical (unpaired) electrons. The van der Waals surface area contributed by atoms with Gasteiger partial charge in [-0.2, -0.15) is 0 Å². The van der Waals surface area contributed by atoms with Crippen LogP contribution in [-0.4, -0.2) is 17.8 Å². The zero-order chi connectivity index (χ0) is 12.4. The van der Waals surface area contributed by atoms with E-state index in [0.717, 1.165) is 25.9 Å². The van der Waals surface area contributed by atoms with Crippen molar-refractivity contribution >= 4 is 0 Å². The van der Waals surface area contributed by atoms with Crippen LogP contribution in [0.5, 0.6) is 0 Å². The van der Waals surface area contributed by atoms with Crippen LogP contribution in [0.2, 0.25) is 0 Å². The van der Waals surface area contributed by atoms with Gasteiger partial charge >= 0.3 is 0 Å². The molecular formula is C16H22O2. The normalized spacial score (nSPS) is 26.6. The number of aliphatic hydroxyl groups excluding tert-OH is 1. The molecule has 3 rings (SSSR count). The Morgan fingerprint density at radius 3 is 2.72 bits per heavy atom. The van der Waals surface area contributed by atoms with Gasteiger partial charge in [0.15, 0.2) is 0 Å². The molecule has 1 saturated carbocycles. The first-order chi connectivity index (χ1) is 8.86. The van der Waals surface area contributed by atoms with Gasteiger partial charge in [0, 0.05) is 0 Å². The molecule has 2 aliphatic rings. The van der Waals surface area contributed by atoms with Gasteiger partial charge in [0.2, 0.25) is 0 Å². The molecule has 1 N–H and O–H groups in total. The maximum atomic E-state index is 10.6. The van der Waals surface area contributed by atoms with Crippen molar-refractivity contribution < 1.29 is 9.84 Å². The van der Waals surface area contributed by atoms with Gasteiger partial charge in [-0.1, -0.05) is 43.5 Å². The summed E-state index contributed by atoms with van der Waals surface area (Å²) in [5, 5.41) is 10.6. The predicted octanol–water partition coefficient (Wildman–Crippen LogP) is 3.24. The Balaban J connectivity index is 1.80. The number of fused-ring (bicyclic) bond motifs is 1. The second-order valence-corrected chi connectivity index (χ2v) is 5.63. The number of hydrogen-bond donors (Lipinski definition) is 1. The molecule has 2 unspecified atom stereocenters. The first kappa shape index (κ1) is 12.2. The number of ether oxygens (including phenoxy) is 1. The van der Waals surface area contributed by atoms with Crippen molar-refractivity contribution in [2.75, 3.05) is 6.61 Å². The SMILES string of the molecule is OC(C1CCCCC1)C1OCCc2ccccc21. The fourth-order valence-corrected chi connectivity index (χ4v) is 3.43. The zero-order valence-corrected chi connectivity index (χ0v) is 10.8. The number of rotatable bonds is 2. The second kappa shape index (κ2) is 5.41. The Morgan fingerprint density at radius 1 is 1.11 bits per heavy atom. The Hall–Kier alpha value is -0.860. The molecule has 2 nitrogen and oxygen atoms in total. The van der Waals surface area contributed by atoms with Crippen LogP contribution in [0.25, 0.3) is 0 Å². The van der Waals surface area contributed by atoms with Crippen molar-refractivity contribution in [3.05, 3.63) is 35.4 Å². The first-order valence-corrected chi connectivity index (χ1v) is 7.24. The molecule has 0 spiro atoms. The lowest BCUT2D eigenvalue weighted by Crippen LogP contribution is -2.33. The molecule has 1 fully saturated rings. The van der Waals surface area contributed by atoms with Gasteiger partial charge in [-0.25, -0.2) is 0 Å². The Morgan fingerprint density at radius 2 is 1.89 bits per heavy atom. The summed E-state index contributed by atoms with van der Waals surface area (Å²) in [7, 11) is 0. The molecule has 0 aromatic heterocycles. The summed E-state index contributed by atoms with van der Waals surface area (Å²) in [5.41, 5.74) is 2.56. The average Bonchev–Trinajstić information content (AvgIpc) is 2.47. The highest BCUT2D eigenvalue weighted by Crippen LogP contribution is 2.37. The molecule has 1 aliphatic carbocycles. The Bertz CT molecular complexity index is 396. The number of aliphatic hydroxyl groups is 1. The summed E-state index contributed by atoms with van der Waals surface area (Å²) in [6.07, 6.45) is 6.71. The molecule has 0 amide bonds. The third-order valence-corrected chi connectivity index (χ3v) is 4.47. The molecule has 0 bridgehead atoms. The van der Waals surface area contributed by atoms with Gasteiger partial charge < -0.3 is 9.84 Å². The molecular weight excluding hydrogens is 224 g/mol. The largest absolute Gasteiger partial charge is 0.390 e. The van der Waals surface area contributed by atoms with Crippen molar-refractivity contribution in [1.82, 2.24) is 0 Å². The highest BCUT2D eigenvalue weighted by Gasteiger charge is 2.33. The molecule has 1 aromatic rings. The van der Waals surface area contributed by atoms with Crippen LogP contribution in [0, 0.1) is 5.92 Å². The topological polar surface area (TPSA) is 29.5 Å². The second-order valence-electron chi connectivity index (χ2n) is 5.63. The number of hydrogen-bond acceptors (Lipinski definition) is 2.